The molecule has 5 heteroatoms. The van der Waals surface area contributed by atoms with E-state index in [9.17, 15) is 10.1 Å². The number of aryl methyl sites for hydroxylation is 1. The minimum Gasteiger partial charge on any atom is -0.487 e. The third-order valence-corrected chi connectivity index (χ3v) is 5.81. The van der Waals surface area contributed by atoms with Crippen molar-refractivity contribution in [2.24, 2.45) is 0 Å². The van der Waals surface area contributed by atoms with E-state index in [0.29, 0.717) is 28.6 Å². The van der Waals surface area contributed by atoms with Crippen molar-refractivity contribution < 1.29 is 9.53 Å². The zero-order valence-electron chi connectivity index (χ0n) is 18.7. The zero-order valence-corrected chi connectivity index (χ0v) is 19.5. The van der Waals surface area contributed by atoms with Crippen LogP contribution in [0.2, 0.25) is 5.02 Å². The molecule has 0 saturated carbocycles. The van der Waals surface area contributed by atoms with Crippen molar-refractivity contribution in [3.05, 3.63) is 112 Å². The van der Waals surface area contributed by atoms with E-state index in [0.717, 1.165) is 22.8 Å². The molecule has 0 bridgehead atoms. The lowest BCUT2D eigenvalue weighted by molar-refractivity contribution is -0.112. The fourth-order valence-electron chi connectivity index (χ4n) is 3.64. The molecule has 0 fully saturated rings. The second-order valence-corrected chi connectivity index (χ2v) is 8.20. The number of amides is 1. The quantitative estimate of drug-likeness (QED) is 0.232. The van der Waals surface area contributed by atoms with Gasteiger partial charge in [0.1, 0.15) is 24.0 Å². The molecule has 4 nitrogen and oxygen atoms in total. The Morgan fingerprint density at radius 2 is 1.79 bits per heavy atom. The summed E-state index contributed by atoms with van der Waals surface area (Å²) in [6.07, 6.45) is 2.43. The second kappa shape index (κ2) is 10.7. The minimum absolute atomic E-state index is 0.0138. The van der Waals surface area contributed by atoms with Gasteiger partial charge in [-0.2, -0.15) is 5.26 Å². The van der Waals surface area contributed by atoms with E-state index in [1.54, 1.807) is 18.2 Å². The van der Waals surface area contributed by atoms with Crippen LogP contribution in [-0.2, 0) is 17.8 Å². The molecular formula is C29H23ClN2O2. The highest BCUT2D eigenvalue weighted by Gasteiger charge is 2.11. The molecule has 0 aromatic heterocycles. The summed E-state index contributed by atoms with van der Waals surface area (Å²) < 4.78 is 5.97. The molecular weight excluding hydrogens is 444 g/mol. The summed E-state index contributed by atoms with van der Waals surface area (Å²) >= 11 is 6.44. The molecule has 1 amide bonds. The molecule has 4 aromatic carbocycles. The Kier molecular flexibility index (Phi) is 7.27. The largest absolute Gasteiger partial charge is 0.487 e. The molecule has 4 rings (SSSR count). The molecule has 0 aliphatic carbocycles. The number of rotatable bonds is 7. The standard InChI is InChI=1S/C29H23ClN2O2/c1-2-20-10-13-25(14-11-20)32-29(33)24(18-31)16-21-12-15-28(27(30)17-21)34-19-23-8-5-7-22-6-3-4-9-26(22)23/h3-17H,2,19H2,1H3,(H,32,33)/b24-16+. The van der Waals surface area contributed by atoms with Gasteiger partial charge in [0.05, 0.1) is 5.02 Å². The molecule has 168 valence electrons. The molecule has 0 atom stereocenters. The van der Waals surface area contributed by atoms with Crippen LogP contribution in [0, 0.1) is 11.3 Å². The van der Waals surface area contributed by atoms with Gasteiger partial charge in [-0.1, -0.05) is 79.2 Å². The van der Waals surface area contributed by atoms with Crippen LogP contribution < -0.4 is 10.1 Å². The Bertz CT molecular complexity index is 1400. The fourth-order valence-corrected chi connectivity index (χ4v) is 3.88. The predicted molar refractivity (Wildman–Crippen MR) is 138 cm³/mol. The minimum atomic E-state index is -0.473. The Morgan fingerprint density at radius 3 is 2.53 bits per heavy atom. The molecule has 0 saturated heterocycles. The topological polar surface area (TPSA) is 62.1 Å². The van der Waals surface area contributed by atoms with Gasteiger partial charge in [0.25, 0.3) is 5.91 Å². The molecule has 0 aliphatic heterocycles. The average Bonchev–Trinajstić information content (AvgIpc) is 2.87. The summed E-state index contributed by atoms with van der Waals surface area (Å²) in [5, 5.41) is 14.9. The van der Waals surface area contributed by atoms with Gasteiger partial charge in [0.15, 0.2) is 0 Å². The van der Waals surface area contributed by atoms with Crippen LogP contribution in [0.15, 0.2) is 90.5 Å². The number of carbonyl (C=O) groups is 1. The second-order valence-electron chi connectivity index (χ2n) is 7.79. The fraction of sp³-hybridized carbons (Fsp3) is 0.103. The Morgan fingerprint density at radius 1 is 1.03 bits per heavy atom. The van der Waals surface area contributed by atoms with Crippen molar-refractivity contribution in [2.75, 3.05) is 5.32 Å². The van der Waals surface area contributed by atoms with Crippen LogP contribution >= 0.6 is 11.6 Å². The molecule has 0 unspecified atom stereocenters. The number of ether oxygens (including phenoxy) is 1. The van der Waals surface area contributed by atoms with Crippen LogP contribution in [0.4, 0.5) is 5.69 Å². The van der Waals surface area contributed by atoms with Crippen LogP contribution in [0.25, 0.3) is 16.8 Å². The SMILES string of the molecule is CCc1ccc(NC(=O)/C(C#N)=C/c2ccc(OCc3cccc4ccccc34)c(Cl)c2)cc1. The Balaban J connectivity index is 1.46. The lowest BCUT2D eigenvalue weighted by Gasteiger charge is -2.11. The van der Waals surface area contributed by atoms with E-state index in [-0.39, 0.29) is 5.57 Å². The van der Waals surface area contributed by atoms with Gasteiger partial charge in [0.2, 0.25) is 0 Å². The number of benzene rings is 4. The molecule has 1 N–H and O–H groups in total. The summed E-state index contributed by atoms with van der Waals surface area (Å²) in [7, 11) is 0. The van der Waals surface area contributed by atoms with E-state index in [1.165, 1.54) is 11.6 Å². The maximum Gasteiger partial charge on any atom is 0.266 e. The van der Waals surface area contributed by atoms with Crippen LogP contribution in [-0.4, -0.2) is 5.91 Å². The third kappa shape index (κ3) is 5.46. The number of nitriles is 1. The first-order valence-corrected chi connectivity index (χ1v) is 11.4. The highest BCUT2D eigenvalue weighted by atomic mass is 35.5. The van der Waals surface area contributed by atoms with Gasteiger partial charge in [-0.15, -0.1) is 0 Å². The highest BCUT2D eigenvalue weighted by Crippen LogP contribution is 2.28. The third-order valence-electron chi connectivity index (χ3n) is 5.52. The Labute approximate surface area is 204 Å². The lowest BCUT2D eigenvalue weighted by atomic mass is 10.1. The Hall–Kier alpha value is -4.07. The molecule has 0 radical (unpaired) electrons. The van der Waals surface area contributed by atoms with Crippen molar-refractivity contribution >= 4 is 40.0 Å². The van der Waals surface area contributed by atoms with Crippen LogP contribution in [0.1, 0.15) is 23.6 Å². The highest BCUT2D eigenvalue weighted by molar-refractivity contribution is 6.32. The molecule has 4 aromatic rings. The molecule has 0 heterocycles. The molecule has 0 spiro atoms. The number of fused-ring (bicyclic) bond motifs is 1. The van der Waals surface area contributed by atoms with Crippen LogP contribution in [0.5, 0.6) is 5.75 Å². The number of anilines is 1. The monoisotopic (exact) mass is 466 g/mol. The number of hydrogen-bond donors (Lipinski definition) is 1. The first kappa shape index (κ1) is 23.1. The normalized spacial score (nSPS) is 11.1. The van der Waals surface area contributed by atoms with E-state index < -0.39 is 5.91 Å². The zero-order chi connectivity index (χ0) is 23.9. The van der Waals surface area contributed by atoms with Crippen molar-refractivity contribution in [1.29, 1.82) is 5.26 Å². The lowest BCUT2D eigenvalue weighted by Crippen LogP contribution is -2.13. The summed E-state index contributed by atoms with van der Waals surface area (Å²) in [5.41, 5.74) is 3.49. The summed E-state index contributed by atoms with van der Waals surface area (Å²) in [5.74, 6) is 0.0601. The van der Waals surface area contributed by atoms with E-state index >= 15 is 0 Å². The number of nitrogens with zero attached hydrogens (tertiary/aromatic N) is 1. The number of halogens is 1. The van der Waals surface area contributed by atoms with Gasteiger partial charge in [-0.05, 0) is 64.2 Å². The van der Waals surface area contributed by atoms with E-state index in [2.05, 4.69) is 30.4 Å². The first-order chi connectivity index (χ1) is 16.6. The van der Waals surface area contributed by atoms with Gasteiger partial charge in [-0.25, -0.2) is 0 Å². The summed E-state index contributed by atoms with van der Waals surface area (Å²) in [6.45, 7) is 2.44. The summed E-state index contributed by atoms with van der Waals surface area (Å²) in [6, 6.07) is 28.9. The van der Waals surface area contributed by atoms with Crippen molar-refractivity contribution in [1.82, 2.24) is 0 Å². The van der Waals surface area contributed by atoms with Gasteiger partial charge in [-0.3, -0.25) is 4.79 Å². The van der Waals surface area contributed by atoms with Gasteiger partial charge >= 0.3 is 0 Å². The number of hydrogen-bond acceptors (Lipinski definition) is 3. The van der Waals surface area contributed by atoms with Crippen molar-refractivity contribution in [3.63, 3.8) is 0 Å². The number of carbonyl (C=O) groups excluding carboxylic acids is 1. The van der Waals surface area contributed by atoms with Gasteiger partial charge < -0.3 is 10.1 Å². The van der Waals surface area contributed by atoms with E-state index in [1.807, 2.05) is 54.6 Å². The number of nitrogens with one attached hydrogen (secondary N) is 1. The first-order valence-electron chi connectivity index (χ1n) is 11.0. The van der Waals surface area contributed by atoms with Crippen molar-refractivity contribution in [3.8, 4) is 11.8 Å². The van der Waals surface area contributed by atoms with Crippen LogP contribution in [0.3, 0.4) is 0 Å². The van der Waals surface area contributed by atoms with Crippen molar-refractivity contribution in [2.45, 2.75) is 20.0 Å². The average molecular weight is 467 g/mol. The summed E-state index contributed by atoms with van der Waals surface area (Å²) in [4.78, 5) is 12.6. The van der Waals surface area contributed by atoms with Gasteiger partial charge in [0, 0.05) is 5.69 Å². The molecule has 0 aliphatic rings. The smallest absolute Gasteiger partial charge is 0.266 e. The maximum absolute atomic E-state index is 12.6. The van der Waals surface area contributed by atoms with E-state index in [4.69, 9.17) is 16.3 Å². The molecule has 34 heavy (non-hydrogen) atoms. The predicted octanol–water partition coefficient (Wildman–Crippen LogP) is 7.18. The maximum atomic E-state index is 12.6.